The van der Waals surface area contributed by atoms with E-state index in [1.54, 1.807) is 0 Å². The van der Waals surface area contributed by atoms with Crippen LogP contribution in [0.1, 0.15) is 48.5 Å². The number of benzene rings is 1. The Kier molecular flexibility index (Phi) is 3.68. The first-order chi connectivity index (χ1) is 10.1. The Labute approximate surface area is 124 Å². The highest BCUT2D eigenvalue weighted by Crippen LogP contribution is 2.34. The molecule has 2 aromatic rings. The zero-order valence-electron chi connectivity index (χ0n) is 12.6. The summed E-state index contributed by atoms with van der Waals surface area (Å²) in [4.78, 5) is 4.41. The van der Waals surface area contributed by atoms with Crippen LogP contribution in [0.5, 0.6) is 5.75 Å². The van der Waals surface area contributed by atoms with Crippen molar-refractivity contribution in [2.24, 2.45) is 5.73 Å². The van der Waals surface area contributed by atoms with Gasteiger partial charge in [0.15, 0.2) is 12.4 Å². The number of aryl methyl sites for hydroxylation is 2. The number of hydrogen-bond donors (Lipinski definition) is 1. The molecular formula is C16H21N3O2. The van der Waals surface area contributed by atoms with E-state index in [4.69, 9.17) is 15.0 Å². The van der Waals surface area contributed by atoms with Gasteiger partial charge < -0.3 is 15.0 Å². The summed E-state index contributed by atoms with van der Waals surface area (Å²) in [5.74, 6) is 1.96. The topological polar surface area (TPSA) is 74.2 Å². The van der Waals surface area contributed by atoms with E-state index in [0.29, 0.717) is 11.7 Å². The lowest BCUT2D eigenvalue weighted by Gasteiger charge is -2.17. The minimum absolute atomic E-state index is 0.273. The van der Waals surface area contributed by atoms with Crippen LogP contribution >= 0.6 is 0 Å². The molecule has 5 heteroatoms. The average Bonchev–Trinajstić information content (AvgIpc) is 3.08. The summed E-state index contributed by atoms with van der Waals surface area (Å²) in [6.07, 6.45) is 4.09. The molecule has 21 heavy (non-hydrogen) atoms. The standard InChI is InChI=1S/C16H21N3O2/c1-11-6-5-7-12(2)14(11)20-10-13-18-15(19-21-13)16(17)8-3-4-9-16/h5-7H,3-4,8-10,17H2,1-2H3. The van der Waals surface area contributed by atoms with Gasteiger partial charge in [-0.05, 0) is 37.8 Å². The van der Waals surface area contributed by atoms with Crippen molar-refractivity contribution in [2.75, 3.05) is 0 Å². The minimum atomic E-state index is -0.416. The smallest absolute Gasteiger partial charge is 0.264 e. The highest BCUT2D eigenvalue weighted by Gasteiger charge is 2.35. The molecule has 1 aromatic heterocycles. The molecule has 0 spiro atoms. The molecule has 0 atom stereocenters. The Morgan fingerprint density at radius 1 is 1.24 bits per heavy atom. The van der Waals surface area contributed by atoms with Crippen molar-refractivity contribution in [3.05, 3.63) is 41.0 Å². The summed E-state index contributed by atoms with van der Waals surface area (Å²) < 4.78 is 11.1. The van der Waals surface area contributed by atoms with Crippen LogP contribution in [0, 0.1) is 13.8 Å². The molecule has 1 aliphatic carbocycles. The number of hydrogen-bond acceptors (Lipinski definition) is 5. The summed E-state index contributed by atoms with van der Waals surface area (Å²) in [7, 11) is 0. The van der Waals surface area contributed by atoms with Crippen molar-refractivity contribution in [2.45, 2.75) is 51.7 Å². The van der Waals surface area contributed by atoms with Crippen molar-refractivity contribution < 1.29 is 9.26 Å². The van der Waals surface area contributed by atoms with Crippen molar-refractivity contribution >= 4 is 0 Å². The molecular weight excluding hydrogens is 266 g/mol. The maximum Gasteiger partial charge on any atom is 0.264 e. The number of para-hydroxylation sites is 1. The van der Waals surface area contributed by atoms with E-state index in [9.17, 15) is 0 Å². The van der Waals surface area contributed by atoms with Gasteiger partial charge in [-0.3, -0.25) is 0 Å². The molecule has 0 unspecified atom stereocenters. The van der Waals surface area contributed by atoms with Crippen molar-refractivity contribution in [3.63, 3.8) is 0 Å². The Morgan fingerprint density at radius 3 is 2.57 bits per heavy atom. The van der Waals surface area contributed by atoms with Gasteiger partial charge in [-0.15, -0.1) is 0 Å². The lowest BCUT2D eigenvalue weighted by Crippen LogP contribution is -2.34. The van der Waals surface area contributed by atoms with E-state index in [2.05, 4.69) is 10.1 Å². The number of rotatable bonds is 4. The monoisotopic (exact) mass is 287 g/mol. The summed E-state index contributed by atoms with van der Waals surface area (Å²) >= 11 is 0. The number of nitrogens with two attached hydrogens (primary N) is 1. The molecule has 2 N–H and O–H groups in total. The van der Waals surface area contributed by atoms with Crippen LogP contribution in [0.25, 0.3) is 0 Å². The van der Waals surface area contributed by atoms with Gasteiger partial charge in [-0.2, -0.15) is 4.98 Å². The maximum atomic E-state index is 6.32. The lowest BCUT2D eigenvalue weighted by molar-refractivity contribution is 0.239. The molecule has 3 rings (SSSR count). The minimum Gasteiger partial charge on any atom is -0.483 e. The fraction of sp³-hybridized carbons (Fsp3) is 0.500. The van der Waals surface area contributed by atoms with E-state index < -0.39 is 5.54 Å². The van der Waals surface area contributed by atoms with Crippen LogP contribution in [0.4, 0.5) is 0 Å². The summed E-state index contributed by atoms with van der Waals surface area (Å²) in [6, 6.07) is 6.06. The summed E-state index contributed by atoms with van der Waals surface area (Å²) in [5.41, 5.74) is 8.10. The highest BCUT2D eigenvalue weighted by atomic mass is 16.5. The first-order valence-corrected chi connectivity index (χ1v) is 7.39. The van der Waals surface area contributed by atoms with Gasteiger partial charge in [0, 0.05) is 0 Å². The Hall–Kier alpha value is -1.88. The fourth-order valence-electron chi connectivity index (χ4n) is 2.91. The largest absolute Gasteiger partial charge is 0.483 e. The van der Waals surface area contributed by atoms with Gasteiger partial charge in [0.05, 0.1) is 5.54 Å². The molecule has 0 radical (unpaired) electrons. The van der Waals surface area contributed by atoms with E-state index in [1.807, 2.05) is 32.0 Å². The molecule has 0 bridgehead atoms. The molecule has 112 valence electrons. The van der Waals surface area contributed by atoms with Crippen molar-refractivity contribution in [1.29, 1.82) is 0 Å². The molecule has 1 saturated carbocycles. The number of ether oxygens (including phenoxy) is 1. The number of nitrogens with zero attached hydrogens (tertiary/aromatic N) is 2. The van der Waals surface area contributed by atoms with Crippen LogP contribution in [-0.4, -0.2) is 10.1 Å². The van der Waals surface area contributed by atoms with Gasteiger partial charge in [0.2, 0.25) is 0 Å². The van der Waals surface area contributed by atoms with E-state index in [1.165, 1.54) is 0 Å². The Bertz CT molecular complexity index is 610. The predicted molar refractivity (Wildman–Crippen MR) is 78.9 cm³/mol. The maximum absolute atomic E-state index is 6.32. The molecule has 5 nitrogen and oxygen atoms in total. The van der Waals surface area contributed by atoms with E-state index in [-0.39, 0.29) is 6.61 Å². The summed E-state index contributed by atoms with van der Waals surface area (Å²) in [6.45, 7) is 4.32. The van der Waals surface area contributed by atoms with E-state index >= 15 is 0 Å². The van der Waals surface area contributed by atoms with Crippen LogP contribution in [0.3, 0.4) is 0 Å². The molecule has 0 saturated heterocycles. The molecule has 1 aromatic carbocycles. The highest BCUT2D eigenvalue weighted by molar-refractivity contribution is 5.39. The first-order valence-electron chi connectivity index (χ1n) is 7.39. The third-order valence-electron chi connectivity index (χ3n) is 4.16. The van der Waals surface area contributed by atoms with Crippen molar-refractivity contribution in [3.8, 4) is 5.75 Å². The Balaban J connectivity index is 1.71. The first kappa shape index (κ1) is 14.1. The van der Waals surface area contributed by atoms with Crippen LogP contribution in [0.15, 0.2) is 22.7 Å². The van der Waals surface area contributed by atoms with Gasteiger partial charge in [0.25, 0.3) is 5.89 Å². The second kappa shape index (κ2) is 5.48. The zero-order chi connectivity index (χ0) is 14.9. The average molecular weight is 287 g/mol. The van der Waals surface area contributed by atoms with Crippen LogP contribution in [-0.2, 0) is 12.1 Å². The van der Waals surface area contributed by atoms with Crippen molar-refractivity contribution in [1.82, 2.24) is 10.1 Å². The normalized spacial score (nSPS) is 17.1. The van der Waals surface area contributed by atoms with Gasteiger partial charge >= 0.3 is 0 Å². The lowest BCUT2D eigenvalue weighted by atomic mass is 9.99. The fourth-order valence-corrected chi connectivity index (χ4v) is 2.91. The van der Waals surface area contributed by atoms with Gasteiger partial charge in [-0.25, -0.2) is 0 Å². The van der Waals surface area contributed by atoms with E-state index in [0.717, 1.165) is 42.6 Å². The van der Waals surface area contributed by atoms with Crippen LogP contribution in [0.2, 0.25) is 0 Å². The third kappa shape index (κ3) is 2.78. The third-order valence-corrected chi connectivity index (χ3v) is 4.16. The molecule has 1 heterocycles. The quantitative estimate of drug-likeness (QED) is 0.935. The SMILES string of the molecule is Cc1cccc(C)c1OCc1nc(C2(N)CCCC2)no1. The second-order valence-electron chi connectivity index (χ2n) is 5.88. The second-order valence-corrected chi connectivity index (χ2v) is 5.88. The summed E-state index contributed by atoms with van der Waals surface area (Å²) in [5, 5.41) is 4.04. The Morgan fingerprint density at radius 2 is 1.90 bits per heavy atom. The molecule has 1 fully saturated rings. The molecule has 0 amide bonds. The van der Waals surface area contributed by atoms with Crippen LogP contribution < -0.4 is 10.5 Å². The molecule has 0 aliphatic heterocycles. The molecule has 1 aliphatic rings. The van der Waals surface area contributed by atoms with Gasteiger partial charge in [0.1, 0.15) is 5.75 Å². The van der Waals surface area contributed by atoms with Gasteiger partial charge in [-0.1, -0.05) is 36.2 Å². The predicted octanol–water partition coefficient (Wildman–Crippen LogP) is 2.99. The zero-order valence-corrected chi connectivity index (χ0v) is 12.6. The number of aromatic nitrogens is 2.